The van der Waals surface area contributed by atoms with Crippen LogP contribution in [0.25, 0.3) is 0 Å². The first-order chi connectivity index (χ1) is 12.2. The minimum atomic E-state index is -0.0950. The molecule has 0 atom stereocenters. The van der Waals surface area contributed by atoms with E-state index in [0.29, 0.717) is 25.9 Å². The summed E-state index contributed by atoms with van der Waals surface area (Å²) in [7, 11) is 0. The first kappa shape index (κ1) is 17.0. The van der Waals surface area contributed by atoms with E-state index in [9.17, 15) is 9.59 Å². The molecule has 0 fully saturated rings. The highest BCUT2D eigenvalue weighted by atomic mass is 16.2. The van der Waals surface area contributed by atoms with E-state index in [2.05, 4.69) is 15.6 Å². The first-order valence-electron chi connectivity index (χ1n) is 8.54. The Morgan fingerprint density at radius 3 is 2.76 bits per heavy atom. The van der Waals surface area contributed by atoms with E-state index in [-0.39, 0.29) is 11.9 Å². The van der Waals surface area contributed by atoms with Crippen LogP contribution in [0.5, 0.6) is 0 Å². The van der Waals surface area contributed by atoms with Gasteiger partial charge < -0.3 is 10.6 Å². The second-order valence-electron chi connectivity index (χ2n) is 5.98. The number of hydrogen-bond acceptors (Lipinski definition) is 3. The SMILES string of the molecule is CCNC(=O)N1CCc2ccc(NC(=O)CCc3ccncc3)cc21. The lowest BCUT2D eigenvalue weighted by Crippen LogP contribution is -2.38. The maximum absolute atomic E-state index is 12.2. The van der Waals surface area contributed by atoms with Gasteiger partial charge in [-0.25, -0.2) is 4.79 Å². The van der Waals surface area contributed by atoms with Crippen LogP contribution < -0.4 is 15.5 Å². The number of aromatic nitrogens is 1. The lowest BCUT2D eigenvalue weighted by Gasteiger charge is -2.18. The van der Waals surface area contributed by atoms with Crippen molar-refractivity contribution in [1.29, 1.82) is 0 Å². The summed E-state index contributed by atoms with van der Waals surface area (Å²) >= 11 is 0. The zero-order chi connectivity index (χ0) is 17.6. The summed E-state index contributed by atoms with van der Waals surface area (Å²) in [6.07, 6.45) is 5.36. The molecule has 0 spiro atoms. The zero-order valence-corrected chi connectivity index (χ0v) is 14.3. The van der Waals surface area contributed by atoms with E-state index in [1.54, 1.807) is 17.3 Å². The smallest absolute Gasteiger partial charge is 0.321 e. The number of nitrogens with zero attached hydrogens (tertiary/aromatic N) is 2. The van der Waals surface area contributed by atoms with Crippen molar-refractivity contribution >= 4 is 23.3 Å². The maximum atomic E-state index is 12.2. The third-order valence-electron chi connectivity index (χ3n) is 4.23. The fourth-order valence-corrected chi connectivity index (χ4v) is 2.95. The van der Waals surface area contributed by atoms with Crippen LogP contribution in [0.15, 0.2) is 42.7 Å². The van der Waals surface area contributed by atoms with Gasteiger partial charge in [-0.1, -0.05) is 6.07 Å². The van der Waals surface area contributed by atoms with Crippen molar-refractivity contribution in [1.82, 2.24) is 10.3 Å². The number of carbonyl (C=O) groups is 2. The molecule has 0 radical (unpaired) electrons. The lowest BCUT2D eigenvalue weighted by atomic mass is 10.1. The molecule has 0 saturated heterocycles. The van der Waals surface area contributed by atoms with E-state index in [1.807, 2.05) is 37.3 Å². The molecule has 1 aliphatic rings. The predicted molar refractivity (Wildman–Crippen MR) is 97.8 cm³/mol. The average molecular weight is 338 g/mol. The molecular weight excluding hydrogens is 316 g/mol. The number of anilines is 2. The van der Waals surface area contributed by atoms with Gasteiger partial charge in [-0.2, -0.15) is 0 Å². The molecule has 6 heteroatoms. The Hall–Kier alpha value is -2.89. The molecule has 1 aromatic heterocycles. The van der Waals surface area contributed by atoms with Gasteiger partial charge in [0.1, 0.15) is 0 Å². The predicted octanol–water partition coefficient (Wildman–Crippen LogP) is 2.74. The summed E-state index contributed by atoms with van der Waals surface area (Å²) in [5.74, 6) is -0.0423. The Morgan fingerprint density at radius 1 is 1.20 bits per heavy atom. The second kappa shape index (κ2) is 7.79. The number of nitrogens with one attached hydrogen (secondary N) is 2. The number of pyridine rings is 1. The summed E-state index contributed by atoms with van der Waals surface area (Å²) in [5.41, 5.74) is 3.80. The van der Waals surface area contributed by atoms with Crippen LogP contribution in [-0.2, 0) is 17.6 Å². The highest BCUT2D eigenvalue weighted by Gasteiger charge is 2.24. The number of aryl methyl sites for hydroxylation is 1. The van der Waals surface area contributed by atoms with Crippen LogP contribution in [0.4, 0.5) is 16.2 Å². The molecule has 0 saturated carbocycles. The van der Waals surface area contributed by atoms with Crippen molar-refractivity contribution in [2.45, 2.75) is 26.2 Å². The number of amides is 3. The van der Waals surface area contributed by atoms with Crippen molar-refractivity contribution in [3.05, 3.63) is 53.9 Å². The topological polar surface area (TPSA) is 74.3 Å². The molecule has 130 valence electrons. The number of fused-ring (bicyclic) bond motifs is 1. The van der Waals surface area contributed by atoms with E-state index < -0.39 is 0 Å². The fourth-order valence-electron chi connectivity index (χ4n) is 2.95. The van der Waals surface area contributed by atoms with E-state index >= 15 is 0 Å². The van der Waals surface area contributed by atoms with Crippen molar-refractivity contribution in [3.63, 3.8) is 0 Å². The van der Waals surface area contributed by atoms with Crippen LogP contribution in [0.2, 0.25) is 0 Å². The number of rotatable bonds is 5. The number of urea groups is 1. The standard InChI is InChI=1S/C19H22N4O2/c1-2-21-19(25)23-12-9-15-4-5-16(13-17(15)23)22-18(24)6-3-14-7-10-20-11-8-14/h4-5,7-8,10-11,13H,2-3,6,9,12H2,1H3,(H,21,25)(H,22,24). The minimum absolute atomic E-state index is 0.0423. The largest absolute Gasteiger partial charge is 0.338 e. The van der Waals surface area contributed by atoms with Crippen LogP contribution >= 0.6 is 0 Å². The Labute approximate surface area is 147 Å². The van der Waals surface area contributed by atoms with E-state index in [4.69, 9.17) is 0 Å². The molecule has 1 aromatic carbocycles. The molecule has 25 heavy (non-hydrogen) atoms. The number of carbonyl (C=O) groups excluding carboxylic acids is 2. The van der Waals surface area contributed by atoms with Crippen LogP contribution in [0, 0.1) is 0 Å². The summed E-state index contributed by atoms with van der Waals surface area (Å²) in [6.45, 7) is 3.16. The van der Waals surface area contributed by atoms with Crippen molar-refractivity contribution in [2.75, 3.05) is 23.3 Å². The Morgan fingerprint density at radius 2 is 2.00 bits per heavy atom. The molecular formula is C19H22N4O2. The molecule has 6 nitrogen and oxygen atoms in total. The van der Waals surface area contributed by atoms with Gasteiger partial charge in [-0.05, 0) is 55.2 Å². The van der Waals surface area contributed by atoms with Crippen molar-refractivity contribution < 1.29 is 9.59 Å². The Bertz CT molecular complexity index is 761. The normalized spacial score (nSPS) is 12.6. The molecule has 0 bridgehead atoms. The zero-order valence-electron chi connectivity index (χ0n) is 14.3. The first-order valence-corrected chi connectivity index (χ1v) is 8.54. The van der Waals surface area contributed by atoms with Gasteiger partial charge in [0.15, 0.2) is 0 Å². The highest BCUT2D eigenvalue weighted by Crippen LogP contribution is 2.31. The third-order valence-corrected chi connectivity index (χ3v) is 4.23. The van der Waals surface area contributed by atoms with Gasteiger partial charge >= 0.3 is 6.03 Å². The highest BCUT2D eigenvalue weighted by molar-refractivity contribution is 5.96. The molecule has 0 aliphatic carbocycles. The average Bonchev–Trinajstić information content (AvgIpc) is 3.04. The van der Waals surface area contributed by atoms with E-state index in [1.165, 1.54) is 0 Å². The van der Waals surface area contributed by atoms with Crippen molar-refractivity contribution in [3.8, 4) is 0 Å². The monoisotopic (exact) mass is 338 g/mol. The Kier molecular flexibility index (Phi) is 5.28. The summed E-state index contributed by atoms with van der Waals surface area (Å²) in [6, 6.07) is 9.47. The van der Waals surface area contributed by atoms with Crippen LogP contribution in [0.1, 0.15) is 24.5 Å². The molecule has 1 aliphatic heterocycles. The molecule has 2 aromatic rings. The summed E-state index contributed by atoms with van der Waals surface area (Å²) < 4.78 is 0. The minimum Gasteiger partial charge on any atom is -0.338 e. The van der Waals surface area contributed by atoms with Crippen LogP contribution in [-0.4, -0.2) is 30.0 Å². The molecule has 3 rings (SSSR count). The number of hydrogen-bond donors (Lipinski definition) is 2. The van der Waals surface area contributed by atoms with E-state index in [0.717, 1.165) is 28.9 Å². The third kappa shape index (κ3) is 4.15. The molecule has 0 unspecified atom stereocenters. The molecule has 2 heterocycles. The van der Waals surface area contributed by atoms with Gasteiger partial charge in [-0.15, -0.1) is 0 Å². The number of benzene rings is 1. The van der Waals surface area contributed by atoms with Gasteiger partial charge in [0.25, 0.3) is 0 Å². The van der Waals surface area contributed by atoms with Gasteiger partial charge in [0.05, 0.1) is 5.69 Å². The maximum Gasteiger partial charge on any atom is 0.321 e. The summed E-state index contributed by atoms with van der Waals surface area (Å²) in [4.78, 5) is 30.0. The van der Waals surface area contributed by atoms with Gasteiger partial charge in [0.2, 0.25) is 5.91 Å². The van der Waals surface area contributed by atoms with Gasteiger partial charge in [-0.3, -0.25) is 14.7 Å². The summed E-state index contributed by atoms with van der Waals surface area (Å²) in [5, 5.41) is 5.74. The molecule has 2 N–H and O–H groups in total. The van der Waals surface area contributed by atoms with Crippen LogP contribution in [0.3, 0.4) is 0 Å². The lowest BCUT2D eigenvalue weighted by molar-refractivity contribution is -0.116. The quantitative estimate of drug-likeness (QED) is 0.880. The molecule has 3 amide bonds. The van der Waals surface area contributed by atoms with Gasteiger partial charge in [0, 0.05) is 37.6 Å². The van der Waals surface area contributed by atoms with Crippen molar-refractivity contribution in [2.24, 2.45) is 0 Å². The second-order valence-corrected chi connectivity index (χ2v) is 5.98. The fraction of sp³-hybridized carbons (Fsp3) is 0.316. The Balaban J connectivity index is 1.63.